The Kier molecular flexibility index (Phi) is 3.43. The molecule has 0 aliphatic heterocycles. The third-order valence-electron chi connectivity index (χ3n) is 2.00. The maximum atomic E-state index is 12.8. The van der Waals surface area contributed by atoms with Gasteiger partial charge in [0.05, 0.1) is 6.54 Å². The maximum Gasteiger partial charge on any atom is 0.188 e. The molecule has 0 spiro atoms. The van der Waals surface area contributed by atoms with Crippen LogP contribution in [0.5, 0.6) is 0 Å². The first-order chi connectivity index (χ1) is 7.75. The number of aromatic amines is 1. The topological polar surface area (TPSA) is 66.5 Å². The Labute approximate surface area is 96.0 Å². The van der Waals surface area contributed by atoms with Crippen LogP contribution < -0.4 is 5.32 Å². The van der Waals surface area contributed by atoms with Crippen molar-refractivity contribution in [1.29, 1.82) is 0 Å². The van der Waals surface area contributed by atoms with Gasteiger partial charge in [-0.1, -0.05) is 22.9 Å². The van der Waals surface area contributed by atoms with Gasteiger partial charge in [-0.05, 0) is 17.7 Å². The molecular weight excluding hydrogens is 233 g/mol. The molecular formula is C9H9ClFN5. The van der Waals surface area contributed by atoms with Gasteiger partial charge in [0, 0.05) is 11.6 Å². The summed E-state index contributed by atoms with van der Waals surface area (Å²) in [6.45, 7) is 0.998. The lowest BCUT2D eigenvalue weighted by atomic mass is 10.2. The van der Waals surface area contributed by atoms with E-state index in [9.17, 15) is 4.39 Å². The van der Waals surface area contributed by atoms with Crippen LogP contribution in [0.2, 0.25) is 5.02 Å². The predicted molar refractivity (Wildman–Crippen MR) is 56.1 cm³/mol. The Morgan fingerprint density at radius 3 is 2.94 bits per heavy atom. The van der Waals surface area contributed by atoms with Gasteiger partial charge in [0.1, 0.15) is 5.82 Å². The third-order valence-corrected chi connectivity index (χ3v) is 2.35. The van der Waals surface area contributed by atoms with E-state index in [1.165, 1.54) is 12.1 Å². The summed E-state index contributed by atoms with van der Waals surface area (Å²) in [4.78, 5) is 0. The Morgan fingerprint density at radius 2 is 2.25 bits per heavy atom. The summed E-state index contributed by atoms with van der Waals surface area (Å²) in [5.41, 5.74) is 0.826. The summed E-state index contributed by atoms with van der Waals surface area (Å²) in [7, 11) is 0. The van der Waals surface area contributed by atoms with Gasteiger partial charge >= 0.3 is 0 Å². The van der Waals surface area contributed by atoms with Crippen molar-refractivity contribution in [1.82, 2.24) is 25.9 Å². The molecule has 1 aromatic heterocycles. The molecule has 0 aliphatic carbocycles. The van der Waals surface area contributed by atoms with Gasteiger partial charge in [-0.2, -0.15) is 5.21 Å². The minimum Gasteiger partial charge on any atom is -0.306 e. The Hall–Kier alpha value is -1.53. The van der Waals surface area contributed by atoms with Gasteiger partial charge in [-0.15, -0.1) is 10.2 Å². The minimum absolute atomic E-state index is 0.341. The molecule has 0 fully saturated rings. The first-order valence-corrected chi connectivity index (χ1v) is 5.00. The van der Waals surface area contributed by atoms with Gasteiger partial charge in [0.2, 0.25) is 0 Å². The fourth-order valence-corrected chi connectivity index (χ4v) is 1.47. The Balaban J connectivity index is 1.90. The predicted octanol–water partition coefficient (Wildman–Crippen LogP) is 1.28. The monoisotopic (exact) mass is 241 g/mol. The molecule has 7 heteroatoms. The first-order valence-electron chi connectivity index (χ1n) is 4.62. The van der Waals surface area contributed by atoms with Crippen molar-refractivity contribution in [3.63, 3.8) is 0 Å². The fourth-order valence-electron chi connectivity index (χ4n) is 1.23. The van der Waals surface area contributed by atoms with Crippen LogP contribution in [0, 0.1) is 5.82 Å². The third kappa shape index (κ3) is 2.74. The van der Waals surface area contributed by atoms with E-state index in [2.05, 4.69) is 25.9 Å². The lowest BCUT2D eigenvalue weighted by Crippen LogP contribution is -2.14. The highest BCUT2D eigenvalue weighted by atomic mass is 35.5. The van der Waals surface area contributed by atoms with Gasteiger partial charge in [0.15, 0.2) is 5.82 Å². The number of nitrogens with zero attached hydrogens (tertiary/aromatic N) is 3. The van der Waals surface area contributed by atoms with Crippen LogP contribution in [0.25, 0.3) is 0 Å². The largest absolute Gasteiger partial charge is 0.306 e. The molecule has 1 aromatic carbocycles. The molecule has 0 bridgehead atoms. The zero-order chi connectivity index (χ0) is 11.4. The fraction of sp³-hybridized carbons (Fsp3) is 0.222. The smallest absolute Gasteiger partial charge is 0.188 e. The molecule has 5 nitrogen and oxygen atoms in total. The second kappa shape index (κ2) is 5.00. The molecule has 1 heterocycles. The molecule has 0 radical (unpaired) electrons. The SMILES string of the molecule is Fc1ccc(CNCc2nn[nH]n2)c(Cl)c1. The minimum atomic E-state index is -0.341. The van der Waals surface area contributed by atoms with Crippen LogP contribution >= 0.6 is 11.6 Å². The number of halogens is 2. The van der Waals surface area contributed by atoms with E-state index in [4.69, 9.17) is 11.6 Å². The normalized spacial score (nSPS) is 10.6. The van der Waals surface area contributed by atoms with E-state index in [1.54, 1.807) is 6.07 Å². The first kappa shape index (κ1) is 11.0. The summed E-state index contributed by atoms with van der Waals surface area (Å²) >= 11 is 5.86. The van der Waals surface area contributed by atoms with Crippen LogP contribution in [0.3, 0.4) is 0 Å². The molecule has 0 saturated heterocycles. The van der Waals surface area contributed by atoms with E-state index in [0.717, 1.165) is 5.56 Å². The van der Waals surface area contributed by atoms with E-state index < -0.39 is 0 Å². The van der Waals surface area contributed by atoms with Gasteiger partial charge in [-0.25, -0.2) is 4.39 Å². The highest BCUT2D eigenvalue weighted by molar-refractivity contribution is 6.31. The second-order valence-electron chi connectivity index (χ2n) is 3.17. The zero-order valence-corrected chi connectivity index (χ0v) is 9.00. The van der Waals surface area contributed by atoms with E-state index in [-0.39, 0.29) is 5.82 Å². The molecule has 0 atom stereocenters. The second-order valence-corrected chi connectivity index (χ2v) is 3.57. The van der Waals surface area contributed by atoms with E-state index in [1.807, 2.05) is 0 Å². The molecule has 84 valence electrons. The van der Waals surface area contributed by atoms with E-state index in [0.29, 0.717) is 23.9 Å². The number of hydrogen-bond acceptors (Lipinski definition) is 4. The molecule has 0 unspecified atom stereocenters. The van der Waals surface area contributed by atoms with Crippen molar-refractivity contribution in [3.05, 3.63) is 40.4 Å². The number of nitrogens with one attached hydrogen (secondary N) is 2. The Bertz CT molecular complexity index is 459. The zero-order valence-electron chi connectivity index (χ0n) is 8.24. The van der Waals surface area contributed by atoms with Gasteiger partial charge in [-0.3, -0.25) is 0 Å². The van der Waals surface area contributed by atoms with Crippen molar-refractivity contribution in [3.8, 4) is 0 Å². The van der Waals surface area contributed by atoms with Crippen LogP contribution in [0.1, 0.15) is 11.4 Å². The molecule has 2 aromatic rings. The lowest BCUT2D eigenvalue weighted by molar-refractivity contribution is 0.623. The van der Waals surface area contributed by atoms with Gasteiger partial charge < -0.3 is 5.32 Å². The Morgan fingerprint density at radius 1 is 1.38 bits per heavy atom. The summed E-state index contributed by atoms with van der Waals surface area (Å²) in [5.74, 6) is 0.227. The summed E-state index contributed by atoms with van der Waals surface area (Å²) in [6, 6.07) is 4.30. The molecule has 0 aliphatic rings. The van der Waals surface area contributed by atoms with Crippen LogP contribution in [-0.4, -0.2) is 20.6 Å². The summed E-state index contributed by atoms with van der Waals surface area (Å²) in [5, 5.41) is 16.8. The quantitative estimate of drug-likeness (QED) is 0.846. The number of H-pyrrole nitrogens is 1. The number of aromatic nitrogens is 4. The lowest BCUT2D eigenvalue weighted by Gasteiger charge is -2.04. The van der Waals surface area contributed by atoms with Crippen molar-refractivity contribution in [2.24, 2.45) is 0 Å². The average molecular weight is 242 g/mol. The van der Waals surface area contributed by atoms with Crippen molar-refractivity contribution >= 4 is 11.6 Å². The number of tetrazole rings is 1. The molecule has 2 N–H and O–H groups in total. The number of hydrogen-bond donors (Lipinski definition) is 2. The van der Waals surface area contributed by atoms with Crippen LogP contribution in [-0.2, 0) is 13.1 Å². The standard InChI is InChI=1S/C9H9ClFN5/c10-8-3-7(11)2-1-6(8)4-12-5-9-13-15-16-14-9/h1-3,12H,4-5H2,(H,13,14,15,16). The molecule has 0 saturated carbocycles. The average Bonchev–Trinajstić information content (AvgIpc) is 2.74. The highest BCUT2D eigenvalue weighted by Crippen LogP contribution is 2.16. The maximum absolute atomic E-state index is 12.8. The highest BCUT2D eigenvalue weighted by Gasteiger charge is 2.02. The van der Waals surface area contributed by atoms with Crippen molar-refractivity contribution in [2.75, 3.05) is 0 Å². The van der Waals surface area contributed by atoms with Crippen molar-refractivity contribution < 1.29 is 4.39 Å². The summed E-state index contributed by atoms with van der Waals surface area (Å²) in [6.07, 6.45) is 0. The van der Waals surface area contributed by atoms with Gasteiger partial charge in [0.25, 0.3) is 0 Å². The van der Waals surface area contributed by atoms with Crippen LogP contribution in [0.15, 0.2) is 18.2 Å². The molecule has 2 rings (SSSR count). The van der Waals surface area contributed by atoms with Crippen molar-refractivity contribution in [2.45, 2.75) is 13.1 Å². The number of rotatable bonds is 4. The van der Waals surface area contributed by atoms with E-state index >= 15 is 0 Å². The molecule has 16 heavy (non-hydrogen) atoms. The number of benzene rings is 1. The molecule has 0 amide bonds. The van der Waals surface area contributed by atoms with Crippen LogP contribution in [0.4, 0.5) is 4.39 Å². The summed E-state index contributed by atoms with van der Waals surface area (Å²) < 4.78 is 12.8.